The number of imide groups is 1. The van der Waals surface area contributed by atoms with E-state index in [1.54, 1.807) is 17.4 Å². The molecule has 0 spiro atoms. The van der Waals surface area contributed by atoms with Gasteiger partial charge in [0.05, 0.1) is 4.91 Å². The normalized spacial score (nSPS) is 18.8. The highest BCUT2D eigenvalue weighted by molar-refractivity contribution is 8.18. The molecule has 0 bridgehead atoms. The second-order valence-electron chi connectivity index (χ2n) is 3.35. The first-order chi connectivity index (χ1) is 7.72. The molecule has 0 radical (unpaired) electrons. The van der Waals surface area contributed by atoms with Crippen LogP contribution in [-0.4, -0.2) is 22.6 Å². The molecule has 1 aromatic rings. The second-order valence-corrected chi connectivity index (χ2v) is 5.32. The summed E-state index contributed by atoms with van der Waals surface area (Å²) in [5.74, 6) is -0.162. The summed E-state index contributed by atoms with van der Waals surface area (Å²) in [4.78, 5) is 26.2. The number of carbonyl (C=O) groups is 2. The lowest BCUT2D eigenvalue weighted by Gasteiger charge is -2.09. The Hall–Kier alpha value is -1.07. The Labute approximate surface area is 102 Å². The maximum atomic E-state index is 11.9. The number of thiophene rings is 1. The van der Waals surface area contributed by atoms with Gasteiger partial charge in [-0.1, -0.05) is 13.0 Å². The summed E-state index contributed by atoms with van der Waals surface area (Å²) in [6.45, 7) is 2.46. The first-order valence-electron chi connectivity index (χ1n) is 5.01. The zero-order chi connectivity index (χ0) is 11.5. The molecule has 0 aliphatic carbocycles. The van der Waals surface area contributed by atoms with E-state index in [4.69, 9.17) is 0 Å². The molecule has 2 rings (SSSR count). The Morgan fingerprint density at radius 1 is 1.44 bits per heavy atom. The molecule has 84 valence electrons. The summed E-state index contributed by atoms with van der Waals surface area (Å²) < 4.78 is 0. The molecule has 1 fully saturated rings. The van der Waals surface area contributed by atoms with Crippen molar-refractivity contribution in [3.8, 4) is 0 Å². The van der Waals surface area contributed by atoms with Crippen LogP contribution >= 0.6 is 23.1 Å². The Kier molecular flexibility index (Phi) is 3.46. The van der Waals surface area contributed by atoms with Crippen LogP contribution < -0.4 is 0 Å². The van der Waals surface area contributed by atoms with Crippen LogP contribution in [0.5, 0.6) is 0 Å². The highest BCUT2D eigenvalue weighted by atomic mass is 32.2. The van der Waals surface area contributed by atoms with Crippen molar-refractivity contribution in [3.63, 3.8) is 0 Å². The summed E-state index contributed by atoms with van der Waals surface area (Å²) in [5.41, 5.74) is 0. The Balaban J connectivity index is 2.20. The van der Waals surface area contributed by atoms with E-state index in [9.17, 15) is 9.59 Å². The average Bonchev–Trinajstić information content (AvgIpc) is 2.84. The molecule has 1 aliphatic rings. The molecular formula is C11H11NO2S2. The molecule has 16 heavy (non-hydrogen) atoms. The molecule has 1 aromatic heterocycles. The van der Waals surface area contributed by atoms with Crippen LogP contribution in [0, 0.1) is 0 Å². The Morgan fingerprint density at radius 3 is 2.88 bits per heavy atom. The van der Waals surface area contributed by atoms with E-state index >= 15 is 0 Å². The van der Waals surface area contributed by atoms with Crippen LogP contribution in [0.1, 0.15) is 18.2 Å². The molecule has 1 aliphatic heterocycles. The van der Waals surface area contributed by atoms with Crippen LogP contribution in [0.3, 0.4) is 0 Å². The lowest BCUT2D eigenvalue weighted by atomic mass is 10.3. The molecule has 0 saturated carbocycles. The molecule has 2 amide bonds. The average molecular weight is 253 g/mol. The van der Waals surface area contributed by atoms with Gasteiger partial charge in [-0.3, -0.25) is 14.5 Å². The van der Waals surface area contributed by atoms with Gasteiger partial charge in [0, 0.05) is 11.4 Å². The number of hydrogen-bond donors (Lipinski definition) is 0. The van der Waals surface area contributed by atoms with Gasteiger partial charge >= 0.3 is 0 Å². The molecule has 1 saturated heterocycles. The topological polar surface area (TPSA) is 37.4 Å². The van der Waals surface area contributed by atoms with Crippen LogP contribution in [0.15, 0.2) is 22.4 Å². The third-order valence-corrected chi connectivity index (χ3v) is 3.86. The predicted molar refractivity (Wildman–Crippen MR) is 67.3 cm³/mol. The minimum absolute atomic E-state index is 0.158. The summed E-state index contributed by atoms with van der Waals surface area (Å²) in [5, 5.41) is 1.79. The molecule has 3 nitrogen and oxygen atoms in total. The van der Waals surface area contributed by atoms with Crippen LogP contribution in [0.25, 0.3) is 6.08 Å². The van der Waals surface area contributed by atoms with Crippen molar-refractivity contribution in [3.05, 3.63) is 27.3 Å². The van der Waals surface area contributed by atoms with Crippen molar-refractivity contribution in [2.45, 2.75) is 13.3 Å². The fourth-order valence-corrected chi connectivity index (χ4v) is 3.01. The quantitative estimate of drug-likeness (QED) is 0.776. The first kappa shape index (κ1) is 11.4. The van der Waals surface area contributed by atoms with Gasteiger partial charge in [-0.05, 0) is 35.7 Å². The van der Waals surface area contributed by atoms with E-state index in [2.05, 4.69) is 0 Å². The SMILES string of the molecule is CCCN1C(=O)S/C(=C/c2cccs2)C1=O. The fourth-order valence-electron chi connectivity index (χ4n) is 1.42. The van der Waals surface area contributed by atoms with Gasteiger partial charge in [0.1, 0.15) is 0 Å². The number of amides is 2. The van der Waals surface area contributed by atoms with Gasteiger partial charge in [-0.25, -0.2) is 0 Å². The lowest BCUT2D eigenvalue weighted by molar-refractivity contribution is -0.122. The second kappa shape index (κ2) is 4.84. The summed E-state index contributed by atoms with van der Waals surface area (Å²) in [7, 11) is 0. The monoisotopic (exact) mass is 253 g/mol. The maximum Gasteiger partial charge on any atom is 0.293 e. The van der Waals surface area contributed by atoms with Crippen molar-refractivity contribution in [1.82, 2.24) is 4.90 Å². The Bertz CT molecular complexity index is 437. The summed E-state index contributed by atoms with van der Waals surface area (Å²) in [6, 6.07) is 3.85. The fraction of sp³-hybridized carbons (Fsp3) is 0.273. The number of nitrogens with zero attached hydrogens (tertiary/aromatic N) is 1. The maximum absolute atomic E-state index is 11.9. The molecule has 0 aromatic carbocycles. The zero-order valence-corrected chi connectivity index (χ0v) is 10.4. The molecule has 0 atom stereocenters. The van der Waals surface area contributed by atoms with Crippen molar-refractivity contribution in [1.29, 1.82) is 0 Å². The predicted octanol–water partition coefficient (Wildman–Crippen LogP) is 3.19. The molecule has 2 heterocycles. The zero-order valence-electron chi connectivity index (χ0n) is 8.80. The van der Waals surface area contributed by atoms with Crippen LogP contribution in [-0.2, 0) is 4.79 Å². The van der Waals surface area contributed by atoms with Crippen molar-refractivity contribution >= 4 is 40.3 Å². The van der Waals surface area contributed by atoms with E-state index in [-0.39, 0.29) is 11.1 Å². The van der Waals surface area contributed by atoms with E-state index in [1.165, 1.54) is 4.90 Å². The summed E-state index contributed by atoms with van der Waals surface area (Å²) in [6.07, 6.45) is 2.58. The third kappa shape index (κ3) is 2.20. The van der Waals surface area contributed by atoms with Crippen molar-refractivity contribution < 1.29 is 9.59 Å². The summed E-state index contributed by atoms with van der Waals surface area (Å²) >= 11 is 2.58. The molecule has 0 N–H and O–H groups in total. The lowest BCUT2D eigenvalue weighted by Crippen LogP contribution is -2.28. The van der Waals surface area contributed by atoms with Gasteiger partial charge in [0.25, 0.3) is 11.1 Å². The van der Waals surface area contributed by atoms with E-state index in [0.29, 0.717) is 11.4 Å². The number of carbonyl (C=O) groups excluding carboxylic acids is 2. The number of rotatable bonds is 3. The van der Waals surface area contributed by atoms with Crippen molar-refractivity contribution in [2.24, 2.45) is 0 Å². The largest absolute Gasteiger partial charge is 0.293 e. The smallest absolute Gasteiger partial charge is 0.268 e. The minimum atomic E-state index is -0.162. The molecule has 0 unspecified atom stereocenters. The number of thioether (sulfide) groups is 1. The van der Waals surface area contributed by atoms with Gasteiger partial charge in [-0.15, -0.1) is 11.3 Å². The van der Waals surface area contributed by atoms with Gasteiger partial charge in [0.15, 0.2) is 0 Å². The minimum Gasteiger partial charge on any atom is -0.268 e. The standard InChI is InChI=1S/C11H11NO2S2/c1-2-5-12-10(13)9(16-11(12)14)7-8-4-3-6-15-8/h3-4,6-7H,2,5H2,1H3/b9-7+. The van der Waals surface area contributed by atoms with Gasteiger partial charge in [0.2, 0.25) is 0 Å². The van der Waals surface area contributed by atoms with E-state index in [0.717, 1.165) is 23.1 Å². The third-order valence-electron chi connectivity index (χ3n) is 2.14. The van der Waals surface area contributed by atoms with E-state index in [1.807, 2.05) is 24.4 Å². The first-order valence-corrected chi connectivity index (χ1v) is 6.71. The van der Waals surface area contributed by atoms with Crippen LogP contribution in [0.2, 0.25) is 0 Å². The highest BCUT2D eigenvalue weighted by Gasteiger charge is 2.34. The Morgan fingerprint density at radius 2 is 2.25 bits per heavy atom. The number of hydrogen-bond acceptors (Lipinski definition) is 4. The molecule has 5 heteroatoms. The van der Waals surface area contributed by atoms with E-state index < -0.39 is 0 Å². The highest BCUT2D eigenvalue weighted by Crippen LogP contribution is 2.32. The van der Waals surface area contributed by atoms with Gasteiger partial charge < -0.3 is 0 Å². The van der Waals surface area contributed by atoms with Crippen molar-refractivity contribution in [2.75, 3.05) is 6.54 Å². The van der Waals surface area contributed by atoms with Gasteiger partial charge in [-0.2, -0.15) is 0 Å². The molecular weight excluding hydrogens is 242 g/mol. The van der Waals surface area contributed by atoms with Crippen LogP contribution in [0.4, 0.5) is 4.79 Å².